The molecule has 0 unspecified atom stereocenters. The van der Waals surface area contributed by atoms with Crippen LogP contribution in [0, 0.1) is 13.8 Å². The first-order chi connectivity index (χ1) is 14.5. The van der Waals surface area contributed by atoms with Gasteiger partial charge >= 0.3 is 0 Å². The number of nitrogens with zero attached hydrogens (tertiary/aromatic N) is 2. The third-order valence-corrected chi connectivity index (χ3v) is 5.66. The molecule has 0 bridgehead atoms. The van der Waals surface area contributed by atoms with Crippen molar-refractivity contribution in [2.45, 2.75) is 33.1 Å². The Morgan fingerprint density at radius 1 is 0.867 bits per heavy atom. The smallest absolute Gasteiger partial charge is 0.277 e. The maximum atomic E-state index is 13.3. The van der Waals surface area contributed by atoms with Crippen molar-refractivity contribution in [2.75, 3.05) is 26.2 Å². The highest BCUT2D eigenvalue weighted by Crippen LogP contribution is 2.33. The van der Waals surface area contributed by atoms with Gasteiger partial charge in [-0.3, -0.25) is 14.5 Å². The quantitative estimate of drug-likeness (QED) is 0.684. The molecular weight excluding hydrogens is 376 g/mol. The van der Waals surface area contributed by atoms with Gasteiger partial charge in [0, 0.05) is 13.1 Å². The lowest BCUT2D eigenvalue weighted by Crippen LogP contribution is -2.39. The Hall–Kier alpha value is -3.08. The molecular formula is C25H28N2O3. The summed E-state index contributed by atoms with van der Waals surface area (Å²) >= 11 is 0. The van der Waals surface area contributed by atoms with Crippen LogP contribution in [-0.4, -0.2) is 47.9 Å². The Kier molecular flexibility index (Phi) is 5.88. The molecule has 0 spiro atoms. The minimum absolute atomic E-state index is 0.204. The number of piperidine rings is 1. The molecule has 2 aromatic carbocycles. The molecule has 0 aromatic heterocycles. The van der Waals surface area contributed by atoms with Crippen molar-refractivity contribution in [3.8, 4) is 5.75 Å². The molecule has 30 heavy (non-hydrogen) atoms. The van der Waals surface area contributed by atoms with Gasteiger partial charge in [-0.05, 0) is 61.9 Å². The van der Waals surface area contributed by atoms with E-state index >= 15 is 0 Å². The van der Waals surface area contributed by atoms with Crippen LogP contribution in [0.25, 0.3) is 5.57 Å². The van der Waals surface area contributed by atoms with Crippen LogP contribution in [-0.2, 0) is 9.59 Å². The standard InChI is InChI=1S/C25H28N2O3/c1-18-15-19(2)17-21(16-18)30-14-13-27-24(28)22(20-9-5-3-6-10-20)23(25(27)29)26-11-7-4-8-12-26/h3,5-6,9-10,15-17H,4,7-8,11-14H2,1-2H3. The number of hydrogen-bond acceptors (Lipinski definition) is 4. The molecule has 2 aromatic rings. The first-order valence-electron chi connectivity index (χ1n) is 10.7. The van der Waals surface area contributed by atoms with Crippen LogP contribution in [0.15, 0.2) is 54.2 Å². The number of hydrogen-bond donors (Lipinski definition) is 0. The van der Waals surface area contributed by atoms with Crippen LogP contribution in [0.4, 0.5) is 0 Å². The monoisotopic (exact) mass is 404 g/mol. The molecule has 0 radical (unpaired) electrons. The lowest BCUT2D eigenvalue weighted by Gasteiger charge is -2.29. The van der Waals surface area contributed by atoms with E-state index in [9.17, 15) is 9.59 Å². The van der Waals surface area contributed by atoms with E-state index < -0.39 is 0 Å². The molecule has 0 aliphatic carbocycles. The van der Waals surface area contributed by atoms with Gasteiger partial charge in [-0.2, -0.15) is 0 Å². The highest BCUT2D eigenvalue weighted by atomic mass is 16.5. The summed E-state index contributed by atoms with van der Waals surface area (Å²) in [6, 6.07) is 15.5. The average molecular weight is 405 g/mol. The van der Waals surface area contributed by atoms with Crippen LogP contribution < -0.4 is 4.74 Å². The molecule has 2 aliphatic rings. The third kappa shape index (κ3) is 4.11. The van der Waals surface area contributed by atoms with Gasteiger partial charge < -0.3 is 9.64 Å². The normalized spacial score (nSPS) is 17.1. The first kappa shape index (κ1) is 20.2. The Labute approximate surface area is 177 Å². The van der Waals surface area contributed by atoms with E-state index in [4.69, 9.17) is 4.74 Å². The zero-order valence-corrected chi connectivity index (χ0v) is 17.7. The Bertz CT molecular complexity index is 955. The van der Waals surface area contributed by atoms with Crippen LogP contribution in [0.2, 0.25) is 0 Å². The molecule has 0 atom stereocenters. The number of carbonyl (C=O) groups is 2. The van der Waals surface area contributed by atoms with Crippen molar-refractivity contribution in [1.29, 1.82) is 0 Å². The molecule has 2 heterocycles. The summed E-state index contributed by atoms with van der Waals surface area (Å²) in [5.41, 5.74) is 4.12. The van der Waals surface area contributed by atoms with Gasteiger partial charge in [0.1, 0.15) is 18.1 Å². The molecule has 2 aliphatic heterocycles. The van der Waals surface area contributed by atoms with Gasteiger partial charge in [-0.1, -0.05) is 36.4 Å². The van der Waals surface area contributed by atoms with E-state index in [1.807, 2.05) is 56.3 Å². The second-order valence-electron chi connectivity index (χ2n) is 8.07. The molecule has 0 N–H and O–H groups in total. The molecule has 156 valence electrons. The SMILES string of the molecule is Cc1cc(C)cc(OCCN2C(=O)C(c3ccccc3)=C(N3CCCCC3)C2=O)c1. The molecule has 0 saturated carbocycles. The number of rotatable bonds is 6. The second-order valence-corrected chi connectivity index (χ2v) is 8.07. The Morgan fingerprint density at radius 2 is 1.53 bits per heavy atom. The van der Waals surface area contributed by atoms with E-state index in [0.29, 0.717) is 11.3 Å². The first-order valence-corrected chi connectivity index (χ1v) is 10.7. The van der Waals surface area contributed by atoms with Crippen molar-refractivity contribution >= 4 is 17.4 Å². The maximum Gasteiger partial charge on any atom is 0.277 e. The predicted molar refractivity (Wildman–Crippen MR) is 117 cm³/mol. The minimum atomic E-state index is -0.226. The average Bonchev–Trinajstić information content (AvgIpc) is 2.99. The van der Waals surface area contributed by atoms with Crippen molar-refractivity contribution in [1.82, 2.24) is 9.80 Å². The van der Waals surface area contributed by atoms with Crippen molar-refractivity contribution in [2.24, 2.45) is 0 Å². The molecule has 1 fully saturated rings. The van der Waals surface area contributed by atoms with Crippen molar-refractivity contribution < 1.29 is 14.3 Å². The van der Waals surface area contributed by atoms with E-state index in [1.165, 1.54) is 11.3 Å². The molecule has 1 saturated heterocycles. The molecule has 4 rings (SSSR count). The van der Waals surface area contributed by atoms with E-state index in [2.05, 4.69) is 11.0 Å². The number of aryl methyl sites for hydroxylation is 2. The minimum Gasteiger partial charge on any atom is -0.492 e. The van der Waals surface area contributed by atoms with Gasteiger partial charge in [0.15, 0.2) is 0 Å². The van der Waals surface area contributed by atoms with E-state index in [-0.39, 0.29) is 25.0 Å². The number of benzene rings is 2. The van der Waals surface area contributed by atoms with Crippen molar-refractivity contribution in [3.05, 3.63) is 70.9 Å². The summed E-state index contributed by atoms with van der Waals surface area (Å²) < 4.78 is 5.87. The largest absolute Gasteiger partial charge is 0.492 e. The summed E-state index contributed by atoms with van der Waals surface area (Å²) in [6.45, 7) is 6.19. The van der Waals surface area contributed by atoms with Crippen molar-refractivity contribution in [3.63, 3.8) is 0 Å². The number of carbonyl (C=O) groups excluding carboxylic acids is 2. The van der Waals surface area contributed by atoms with Crippen LogP contribution >= 0.6 is 0 Å². The van der Waals surface area contributed by atoms with Gasteiger partial charge in [0.05, 0.1) is 12.1 Å². The maximum absolute atomic E-state index is 13.3. The Morgan fingerprint density at radius 3 is 2.20 bits per heavy atom. The van der Waals surface area contributed by atoms with E-state index in [0.717, 1.165) is 48.4 Å². The molecule has 2 amide bonds. The number of amides is 2. The predicted octanol–water partition coefficient (Wildman–Crippen LogP) is 3.95. The van der Waals surface area contributed by atoms with Gasteiger partial charge in [-0.15, -0.1) is 0 Å². The Balaban J connectivity index is 1.54. The van der Waals surface area contributed by atoms with Crippen LogP contribution in [0.3, 0.4) is 0 Å². The lowest BCUT2D eigenvalue weighted by molar-refractivity contribution is -0.138. The summed E-state index contributed by atoms with van der Waals surface area (Å²) in [4.78, 5) is 30.0. The fraction of sp³-hybridized carbons (Fsp3) is 0.360. The number of likely N-dealkylation sites (tertiary alicyclic amines) is 1. The third-order valence-electron chi connectivity index (χ3n) is 5.66. The highest BCUT2D eigenvalue weighted by Gasteiger charge is 2.41. The zero-order chi connectivity index (χ0) is 21.1. The van der Waals surface area contributed by atoms with Gasteiger partial charge in [0.25, 0.3) is 11.8 Å². The fourth-order valence-corrected chi connectivity index (χ4v) is 4.31. The summed E-state index contributed by atoms with van der Waals surface area (Å²) in [5, 5.41) is 0. The highest BCUT2D eigenvalue weighted by molar-refractivity contribution is 6.35. The second kappa shape index (κ2) is 8.74. The van der Waals surface area contributed by atoms with Gasteiger partial charge in [0.2, 0.25) is 0 Å². The fourth-order valence-electron chi connectivity index (χ4n) is 4.31. The lowest BCUT2D eigenvalue weighted by atomic mass is 10.0. The van der Waals surface area contributed by atoms with Crippen LogP contribution in [0.5, 0.6) is 5.75 Å². The zero-order valence-electron chi connectivity index (χ0n) is 17.7. The number of ether oxygens (including phenoxy) is 1. The van der Waals surface area contributed by atoms with E-state index in [1.54, 1.807) is 0 Å². The topological polar surface area (TPSA) is 49.9 Å². The number of imide groups is 1. The molecule has 5 heteroatoms. The van der Waals surface area contributed by atoms with Gasteiger partial charge in [-0.25, -0.2) is 0 Å². The summed E-state index contributed by atoms with van der Waals surface area (Å²) in [6.07, 6.45) is 3.26. The summed E-state index contributed by atoms with van der Waals surface area (Å²) in [5.74, 6) is 0.333. The molecule has 5 nitrogen and oxygen atoms in total. The summed E-state index contributed by atoms with van der Waals surface area (Å²) in [7, 11) is 0. The van der Waals surface area contributed by atoms with Crippen LogP contribution in [0.1, 0.15) is 36.0 Å².